The third-order valence-electron chi connectivity index (χ3n) is 3.27. The number of nitrogens with two attached hydrogens (primary N) is 1. The van der Waals surface area contributed by atoms with E-state index in [0.717, 1.165) is 17.1 Å². The van der Waals surface area contributed by atoms with Crippen molar-refractivity contribution in [2.24, 2.45) is 10.7 Å². The van der Waals surface area contributed by atoms with E-state index in [-0.39, 0.29) is 24.0 Å². The highest BCUT2D eigenvalue weighted by atomic mass is 127. The minimum absolute atomic E-state index is 0. The molecule has 7 heteroatoms. The van der Waals surface area contributed by atoms with Crippen LogP contribution < -0.4 is 11.1 Å². The summed E-state index contributed by atoms with van der Waals surface area (Å²) in [6.07, 6.45) is 5.31. The summed E-state index contributed by atoms with van der Waals surface area (Å²) in [6.45, 7) is 2.51. The van der Waals surface area contributed by atoms with Gasteiger partial charge in [-0.25, -0.2) is 14.7 Å². The highest BCUT2D eigenvalue weighted by Gasteiger charge is 2.00. The molecule has 0 spiro atoms. The number of nitrogens with zero attached hydrogens (tertiary/aromatic N) is 4. The molecule has 0 bridgehead atoms. The van der Waals surface area contributed by atoms with Crippen LogP contribution in [-0.2, 0) is 6.54 Å². The van der Waals surface area contributed by atoms with Crippen molar-refractivity contribution in [2.45, 2.75) is 13.5 Å². The van der Waals surface area contributed by atoms with Crippen molar-refractivity contribution in [3.05, 3.63) is 72.2 Å². The van der Waals surface area contributed by atoms with Crippen LogP contribution in [0.5, 0.6) is 0 Å². The van der Waals surface area contributed by atoms with E-state index in [4.69, 9.17) is 5.73 Å². The quantitative estimate of drug-likeness (QED) is 0.376. The average molecular weight is 434 g/mol. The molecule has 0 unspecified atom stereocenters. The highest BCUT2D eigenvalue weighted by molar-refractivity contribution is 14.0. The molecular formula is C17H19IN6. The summed E-state index contributed by atoms with van der Waals surface area (Å²) >= 11 is 0. The molecule has 0 radical (unpaired) electrons. The van der Waals surface area contributed by atoms with Gasteiger partial charge in [0.15, 0.2) is 11.8 Å². The zero-order valence-electron chi connectivity index (χ0n) is 13.3. The third-order valence-corrected chi connectivity index (χ3v) is 3.27. The van der Waals surface area contributed by atoms with Gasteiger partial charge >= 0.3 is 0 Å². The Bertz CT molecular complexity index is 813. The lowest BCUT2D eigenvalue weighted by Crippen LogP contribution is -2.22. The van der Waals surface area contributed by atoms with E-state index in [1.165, 1.54) is 5.56 Å². The number of hydrogen-bond acceptors (Lipinski definition) is 3. The van der Waals surface area contributed by atoms with Gasteiger partial charge in [0, 0.05) is 24.3 Å². The van der Waals surface area contributed by atoms with Crippen molar-refractivity contribution in [2.75, 3.05) is 5.32 Å². The SMILES string of the molecule is Cc1cccc(NC(N)=NCc2ccnc(-n3cccn3)c2)c1.I. The summed E-state index contributed by atoms with van der Waals surface area (Å²) < 4.78 is 1.71. The van der Waals surface area contributed by atoms with Crippen LogP contribution in [0.25, 0.3) is 5.82 Å². The minimum Gasteiger partial charge on any atom is -0.370 e. The highest BCUT2D eigenvalue weighted by Crippen LogP contribution is 2.10. The van der Waals surface area contributed by atoms with Gasteiger partial charge < -0.3 is 11.1 Å². The average Bonchev–Trinajstić information content (AvgIpc) is 3.08. The molecule has 3 N–H and O–H groups in total. The Labute approximate surface area is 157 Å². The van der Waals surface area contributed by atoms with E-state index in [1.54, 1.807) is 17.1 Å². The molecule has 3 rings (SSSR count). The number of hydrogen-bond donors (Lipinski definition) is 2. The zero-order valence-corrected chi connectivity index (χ0v) is 15.6. The van der Waals surface area contributed by atoms with Crippen molar-refractivity contribution >= 4 is 35.6 Å². The summed E-state index contributed by atoms with van der Waals surface area (Å²) in [7, 11) is 0. The second-order valence-electron chi connectivity index (χ2n) is 5.17. The summed E-state index contributed by atoms with van der Waals surface area (Å²) in [5.41, 5.74) is 9.05. The fourth-order valence-corrected chi connectivity index (χ4v) is 2.18. The maximum Gasteiger partial charge on any atom is 0.193 e. The van der Waals surface area contributed by atoms with E-state index >= 15 is 0 Å². The number of aryl methyl sites for hydroxylation is 1. The van der Waals surface area contributed by atoms with Gasteiger partial charge in [-0.05, 0) is 48.4 Å². The number of aliphatic imine (C=N–C) groups is 1. The van der Waals surface area contributed by atoms with Crippen molar-refractivity contribution in [1.82, 2.24) is 14.8 Å². The molecule has 0 atom stereocenters. The monoisotopic (exact) mass is 434 g/mol. The van der Waals surface area contributed by atoms with Gasteiger partial charge in [-0.15, -0.1) is 24.0 Å². The van der Waals surface area contributed by atoms with Gasteiger partial charge in [0.2, 0.25) is 0 Å². The predicted octanol–water partition coefficient (Wildman–Crippen LogP) is 3.12. The second-order valence-corrected chi connectivity index (χ2v) is 5.17. The van der Waals surface area contributed by atoms with Crippen LogP contribution in [0.3, 0.4) is 0 Å². The van der Waals surface area contributed by atoms with Gasteiger partial charge in [-0.2, -0.15) is 5.10 Å². The van der Waals surface area contributed by atoms with Crippen molar-refractivity contribution < 1.29 is 0 Å². The molecule has 6 nitrogen and oxygen atoms in total. The zero-order chi connectivity index (χ0) is 16.1. The molecule has 0 fully saturated rings. The first-order chi connectivity index (χ1) is 11.2. The van der Waals surface area contributed by atoms with Crippen LogP contribution in [0.4, 0.5) is 5.69 Å². The summed E-state index contributed by atoms with van der Waals surface area (Å²) in [5, 5.41) is 7.26. The summed E-state index contributed by atoms with van der Waals surface area (Å²) in [6, 6.07) is 13.7. The Hall–Kier alpha value is -2.42. The first-order valence-corrected chi connectivity index (χ1v) is 7.29. The Balaban J connectivity index is 0.00000208. The maximum atomic E-state index is 5.94. The molecule has 124 valence electrons. The van der Waals surface area contributed by atoms with Gasteiger partial charge in [0.25, 0.3) is 0 Å². The van der Waals surface area contributed by atoms with Crippen LogP contribution in [0.1, 0.15) is 11.1 Å². The second kappa shape index (κ2) is 8.44. The Morgan fingerprint density at radius 3 is 2.83 bits per heavy atom. The van der Waals surface area contributed by atoms with E-state index in [2.05, 4.69) is 20.4 Å². The molecule has 0 saturated heterocycles. The van der Waals surface area contributed by atoms with Gasteiger partial charge in [0.1, 0.15) is 0 Å². The van der Waals surface area contributed by atoms with Crippen LogP contribution in [0.2, 0.25) is 0 Å². The van der Waals surface area contributed by atoms with Crippen molar-refractivity contribution in [3.63, 3.8) is 0 Å². The normalized spacial score (nSPS) is 11.0. The lowest BCUT2D eigenvalue weighted by atomic mass is 10.2. The molecule has 0 amide bonds. The van der Waals surface area contributed by atoms with E-state index in [1.807, 2.05) is 55.6 Å². The molecule has 0 aliphatic heterocycles. The number of guanidine groups is 1. The fraction of sp³-hybridized carbons (Fsp3) is 0.118. The number of halogens is 1. The third kappa shape index (κ3) is 4.79. The summed E-state index contributed by atoms with van der Waals surface area (Å²) in [5.74, 6) is 1.14. The molecule has 2 heterocycles. The smallest absolute Gasteiger partial charge is 0.193 e. The molecule has 24 heavy (non-hydrogen) atoms. The molecule has 1 aromatic carbocycles. The number of benzene rings is 1. The number of anilines is 1. The summed E-state index contributed by atoms with van der Waals surface area (Å²) in [4.78, 5) is 8.66. The van der Waals surface area contributed by atoms with E-state index < -0.39 is 0 Å². The van der Waals surface area contributed by atoms with E-state index in [9.17, 15) is 0 Å². The Kier molecular flexibility index (Phi) is 6.30. The molecular weight excluding hydrogens is 415 g/mol. The van der Waals surface area contributed by atoms with Crippen molar-refractivity contribution in [3.8, 4) is 5.82 Å². The van der Waals surface area contributed by atoms with Crippen LogP contribution in [-0.4, -0.2) is 20.7 Å². The van der Waals surface area contributed by atoms with Gasteiger partial charge in [-0.3, -0.25) is 0 Å². The largest absolute Gasteiger partial charge is 0.370 e. The topological polar surface area (TPSA) is 81.1 Å². The standard InChI is InChI=1S/C17H18N6.HI/c1-13-4-2-5-15(10-13)22-17(18)20-12-14-6-8-19-16(11-14)23-9-3-7-21-23;/h2-11H,12H2,1H3,(H3,18,20,22);1H. The first kappa shape index (κ1) is 17.9. The Morgan fingerprint density at radius 1 is 1.21 bits per heavy atom. The maximum absolute atomic E-state index is 5.94. The fourth-order valence-electron chi connectivity index (χ4n) is 2.18. The first-order valence-electron chi connectivity index (χ1n) is 7.29. The lowest BCUT2D eigenvalue weighted by Gasteiger charge is -2.07. The number of nitrogens with one attached hydrogen (secondary N) is 1. The number of aromatic nitrogens is 3. The lowest BCUT2D eigenvalue weighted by molar-refractivity contribution is 0.841. The molecule has 2 aromatic heterocycles. The molecule has 0 aliphatic rings. The van der Waals surface area contributed by atoms with Gasteiger partial charge in [-0.1, -0.05) is 12.1 Å². The van der Waals surface area contributed by atoms with E-state index in [0.29, 0.717) is 12.5 Å². The molecule has 0 aliphatic carbocycles. The van der Waals surface area contributed by atoms with Crippen LogP contribution >= 0.6 is 24.0 Å². The number of pyridine rings is 1. The minimum atomic E-state index is 0. The predicted molar refractivity (Wildman–Crippen MR) is 107 cm³/mol. The molecule has 3 aromatic rings. The Morgan fingerprint density at radius 2 is 2.08 bits per heavy atom. The number of rotatable bonds is 4. The molecule has 0 saturated carbocycles. The van der Waals surface area contributed by atoms with Gasteiger partial charge in [0.05, 0.1) is 6.54 Å². The van der Waals surface area contributed by atoms with Crippen LogP contribution in [0, 0.1) is 6.92 Å². The van der Waals surface area contributed by atoms with Crippen LogP contribution in [0.15, 0.2) is 66.0 Å². The van der Waals surface area contributed by atoms with Crippen molar-refractivity contribution in [1.29, 1.82) is 0 Å².